The van der Waals surface area contributed by atoms with Gasteiger partial charge in [-0.3, -0.25) is 4.79 Å². The molecule has 4 N–H and O–H groups in total. The van der Waals surface area contributed by atoms with Crippen LogP contribution in [0.5, 0.6) is 0 Å². The number of hydrogen-bond donors (Lipinski definition) is 3. The van der Waals surface area contributed by atoms with Gasteiger partial charge < -0.3 is 16.2 Å². The summed E-state index contributed by atoms with van der Waals surface area (Å²) in [7, 11) is 0. The van der Waals surface area contributed by atoms with Crippen LogP contribution in [0.15, 0.2) is 6.07 Å². The van der Waals surface area contributed by atoms with Crippen molar-refractivity contribution in [2.45, 2.75) is 50.5 Å². The number of aliphatic carboxylic acids is 1. The SMILES string of the molecule is NC(=O)c1cc2c(nc1NC1(C(=O)O)CCC1)CCCC2. The normalized spacial score (nSPS) is 19.2. The van der Waals surface area contributed by atoms with Gasteiger partial charge in [0.15, 0.2) is 0 Å². The Labute approximate surface area is 122 Å². The molecule has 0 atom stereocenters. The topological polar surface area (TPSA) is 105 Å². The van der Waals surface area contributed by atoms with Crippen LogP contribution < -0.4 is 11.1 Å². The molecule has 6 heteroatoms. The number of aryl methyl sites for hydroxylation is 2. The largest absolute Gasteiger partial charge is 0.480 e. The van der Waals surface area contributed by atoms with E-state index in [0.717, 1.165) is 43.4 Å². The minimum atomic E-state index is -1.000. The van der Waals surface area contributed by atoms with Gasteiger partial charge in [0.2, 0.25) is 0 Å². The summed E-state index contributed by atoms with van der Waals surface area (Å²) in [6.45, 7) is 0. The predicted octanol–water partition coefficient (Wildman–Crippen LogP) is 1.48. The van der Waals surface area contributed by atoms with E-state index in [-0.39, 0.29) is 0 Å². The van der Waals surface area contributed by atoms with E-state index in [1.807, 2.05) is 0 Å². The van der Waals surface area contributed by atoms with E-state index >= 15 is 0 Å². The van der Waals surface area contributed by atoms with Crippen molar-refractivity contribution in [3.8, 4) is 0 Å². The van der Waals surface area contributed by atoms with Crippen molar-refractivity contribution < 1.29 is 14.7 Å². The average Bonchev–Trinajstić information content (AvgIpc) is 2.41. The zero-order valence-electron chi connectivity index (χ0n) is 11.8. The Kier molecular flexibility index (Phi) is 3.31. The molecule has 1 heterocycles. The maximum atomic E-state index is 11.7. The number of anilines is 1. The predicted molar refractivity (Wildman–Crippen MR) is 77.2 cm³/mol. The highest BCUT2D eigenvalue weighted by Gasteiger charge is 2.45. The van der Waals surface area contributed by atoms with Gasteiger partial charge >= 0.3 is 5.97 Å². The van der Waals surface area contributed by atoms with E-state index in [9.17, 15) is 14.7 Å². The number of nitrogens with two attached hydrogens (primary N) is 1. The second-order valence-corrected chi connectivity index (χ2v) is 5.93. The number of nitrogens with one attached hydrogen (secondary N) is 1. The molecular formula is C15H19N3O3. The second-order valence-electron chi connectivity index (χ2n) is 5.93. The van der Waals surface area contributed by atoms with Crippen molar-refractivity contribution in [3.63, 3.8) is 0 Å². The molecule has 1 fully saturated rings. The van der Waals surface area contributed by atoms with Gasteiger partial charge in [0, 0.05) is 5.69 Å². The molecule has 1 saturated carbocycles. The van der Waals surface area contributed by atoms with E-state index in [0.29, 0.717) is 24.2 Å². The van der Waals surface area contributed by atoms with Gasteiger partial charge in [-0.1, -0.05) is 0 Å². The number of rotatable bonds is 4. The summed E-state index contributed by atoms with van der Waals surface area (Å²) >= 11 is 0. The summed E-state index contributed by atoms with van der Waals surface area (Å²) in [6, 6.07) is 1.78. The number of fused-ring (bicyclic) bond motifs is 1. The number of aromatic nitrogens is 1. The molecule has 6 nitrogen and oxygen atoms in total. The average molecular weight is 289 g/mol. The van der Waals surface area contributed by atoms with Gasteiger partial charge in [0.25, 0.3) is 5.91 Å². The maximum absolute atomic E-state index is 11.7. The summed E-state index contributed by atoms with van der Waals surface area (Å²) < 4.78 is 0. The van der Waals surface area contributed by atoms with Crippen LogP contribution in [0.4, 0.5) is 5.82 Å². The second kappa shape index (κ2) is 5.02. The van der Waals surface area contributed by atoms with Crippen molar-refractivity contribution in [3.05, 3.63) is 22.9 Å². The molecule has 0 aliphatic heterocycles. The molecule has 2 aliphatic carbocycles. The van der Waals surface area contributed by atoms with Crippen LogP contribution >= 0.6 is 0 Å². The molecule has 0 aromatic carbocycles. The number of amides is 1. The lowest BCUT2D eigenvalue weighted by Gasteiger charge is -2.39. The molecule has 0 spiro atoms. The summed E-state index contributed by atoms with van der Waals surface area (Å²) in [5.74, 6) is -1.15. The number of carbonyl (C=O) groups is 2. The molecule has 0 radical (unpaired) electrons. The smallest absolute Gasteiger partial charge is 0.329 e. The fraction of sp³-hybridized carbons (Fsp3) is 0.533. The van der Waals surface area contributed by atoms with E-state index in [1.54, 1.807) is 6.07 Å². The quantitative estimate of drug-likeness (QED) is 0.778. The van der Waals surface area contributed by atoms with E-state index in [1.165, 1.54) is 0 Å². The highest BCUT2D eigenvalue weighted by Crippen LogP contribution is 2.36. The third kappa shape index (κ3) is 2.34. The van der Waals surface area contributed by atoms with E-state index in [2.05, 4.69) is 10.3 Å². The molecule has 1 aromatic rings. The van der Waals surface area contributed by atoms with Gasteiger partial charge in [-0.25, -0.2) is 9.78 Å². The van der Waals surface area contributed by atoms with Crippen molar-refractivity contribution in [2.24, 2.45) is 5.73 Å². The maximum Gasteiger partial charge on any atom is 0.329 e. The Balaban J connectivity index is 2.00. The highest BCUT2D eigenvalue weighted by molar-refractivity contribution is 5.99. The minimum absolute atomic E-state index is 0.295. The summed E-state index contributed by atoms with van der Waals surface area (Å²) in [6.07, 6.45) is 5.85. The summed E-state index contributed by atoms with van der Waals surface area (Å²) in [5, 5.41) is 12.4. The van der Waals surface area contributed by atoms with Crippen LogP contribution in [0.1, 0.15) is 53.7 Å². The molecule has 0 unspecified atom stereocenters. The van der Waals surface area contributed by atoms with Crippen molar-refractivity contribution in [1.29, 1.82) is 0 Å². The van der Waals surface area contributed by atoms with E-state index < -0.39 is 17.4 Å². The fourth-order valence-electron chi connectivity index (χ4n) is 3.07. The number of carboxylic acids is 1. The first-order chi connectivity index (χ1) is 10.0. The van der Waals surface area contributed by atoms with Crippen LogP contribution in [0.2, 0.25) is 0 Å². The van der Waals surface area contributed by atoms with Crippen LogP contribution in [0, 0.1) is 0 Å². The molecule has 1 aromatic heterocycles. The van der Waals surface area contributed by atoms with Gasteiger partial charge in [-0.15, -0.1) is 0 Å². The molecular weight excluding hydrogens is 270 g/mol. The lowest BCUT2D eigenvalue weighted by Crippen LogP contribution is -2.52. The number of primary amides is 1. The van der Waals surface area contributed by atoms with Crippen molar-refractivity contribution in [2.75, 3.05) is 5.32 Å². The Bertz CT molecular complexity index is 608. The third-order valence-corrected chi connectivity index (χ3v) is 4.54. The molecule has 3 rings (SSSR count). The molecule has 0 saturated heterocycles. The van der Waals surface area contributed by atoms with Crippen LogP contribution in [-0.2, 0) is 17.6 Å². The summed E-state index contributed by atoms with van der Waals surface area (Å²) in [4.78, 5) is 27.6. The molecule has 112 valence electrons. The van der Waals surface area contributed by atoms with Crippen LogP contribution in [0.25, 0.3) is 0 Å². The Morgan fingerprint density at radius 3 is 2.52 bits per heavy atom. The molecule has 2 aliphatic rings. The van der Waals surface area contributed by atoms with Crippen molar-refractivity contribution >= 4 is 17.7 Å². The monoisotopic (exact) mass is 289 g/mol. The first-order valence-electron chi connectivity index (χ1n) is 7.36. The molecule has 0 bridgehead atoms. The standard InChI is InChI=1S/C15H19N3O3/c16-12(19)10-8-9-4-1-2-5-11(9)17-13(10)18-15(14(20)21)6-3-7-15/h8H,1-7H2,(H2,16,19)(H,17,18)(H,20,21). The molecule has 21 heavy (non-hydrogen) atoms. The first-order valence-corrected chi connectivity index (χ1v) is 7.36. The minimum Gasteiger partial charge on any atom is -0.480 e. The number of nitrogens with zero attached hydrogens (tertiary/aromatic N) is 1. The lowest BCUT2D eigenvalue weighted by atomic mass is 9.76. The van der Waals surface area contributed by atoms with Crippen LogP contribution in [-0.4, -0.2) is 27.5 Å². The number of carboxylic acid groups (broad SMARTS) is 1. The van der Waals surface area contributed by atoms with E-state index in [4.69, 9.17) is 5.73 Å². The van der Waals surface area contributed by atoms with Gasteiger partial charge in [-0.2, -0.15) is 0 Å². The fourth-order valence-corrected chi connectivity index (χ4v) is 3.07. The van der Waals surface area contributed by atoms with Crippen LogP contribution in [0.3, 0.4) is 0 Å². The Morgan fingerprint density at radius 1 is 1.24 bits per heavy atom. The Morgan fingerprint density at radius 2 is 1.95 bits per heavy atom. The lowest BCUT2D eigenvalue weighted by molar-refractivity contribution is -0.145. The number of pyridine rings is 1. The van der Waals surface area contributed by atoms with Gasteiger partial charge in [0.1, 0.15) is 11.4 Å². The first kappa shape index (κ1) is 13.9. The number of carbonyl (C=O) groups excluding carboxylic acids is 1. The summed E-state index contributed by atoms with van der Waals surface area (Å²) in [5.41, 5.74) is 6.74. The zero-order valence-corrected chi connectivity index (χ0v) is 11.8. The molecule has 1 amide bonds. The number of hydrogen-bond acceptors (Lipinski definition) is 4. The Hall–Kier alpha value is -2.11. The third-order valence-electron chi connectivity index (χ3n) is 4.54. The van der Waals surface area contributed by atoms with Gasteiger partial charge in [-0.05, 0) is 56.6 Å². The highest BCUT2D eigenvalue weighted by atomic mass is 16.4. The van der Waals surface area contributed by atoms with Crippen molar-refractivity contribution in [1.82, 2.24) is 4.98 Å². The zero-order chi connectivity index (χ0) is 15.0. The van der Waals surface area contributed by atoms with Gasteiger partial charge in [0.05, 0.1) is 5.56 Å².